The minimum Gasteiger partial charge on any atom is -0.494 e. The van der Waals surface area contributed by atoms with E-state index in [-0.39, 0.29) is 24.6 Å². The fourth-order valence-electron chi connectivity index (χ4n) is 6.26. The normalized spacial score (nSPS) is 29.2. The van der Waals surface area contributed by atoms with Gasteiger partial charge < -0.3 is 14.8 Å². The second kappa shape index (κ2) is 9.21. The summed E-state index contributed by atoms with van der Waals surface area (Å²) >= 11 is 6.24. The van der Waals surface area contributed by atoms with Gasteiger partial charge in [0.25, 0.3) is 0 Å². The number of methoxy groups -OCH3 is 1. The van der Waals surface area contributed by atoms with Crippen LogP contribution in [0.15, 0.2) is 76.8 Å². The van der Waals surface area contributed by atoms with Gasteiger partial charge in [-0.2, -0.15) is 0 Å². The van der Waals surface area contributed by atoms with Crippen molar-refractivity contribution in [1.29, 1.82) is 0 Å². The van der Waals surface area contributed by atoms with Crippen LogP contribution in [0, 0.1) is 12.3 Å². The summed E-state index contributed by atoms with van der Waals surface area (Å²) in [4.78, 5) is 36.2. The Hall–Kier alpha value is -3.62. The zero-order valence-corrected chi connectivity index (χ0v) is 24.2. The van der Waals surface area contributed by atoms with Crippen LogP contribution in [0.4, 0.5) is 4.79 Å². The van der Waals surface area contributed by atoms with Crippen LogP contribution in [-0.2, 0) is 14.3 Å². The Balaban J connectivity index is 1.63. The summed E-state index contributed by atoms with van der Waals surface area (Å²) in [6.07, 6.45) is 1.76. The van der Waals surface area contributed by atoms with Gasteiger partial charge in [0.2, 0.25) is 5.91 Å². The molecule has 0 radical (unpaired) electrons. The molecule has 1 fully saturated rings. The van der Waals surface area contributed by atoms with Crippen LogP contribution in [0.3, 0.4) is 0 Å². The number of amides is 3. The van der Waals surface area contributed by atoms with Crippen molar-refractivity contribution >= 4 is 29.4 Å². The number of carbonyl (C=O) groups is 2. The maximum atomic E-state index is 14.5. The first-order valence-corrected chi connectivity index (χ1v) is 13.9. The highest BCUT2D eigenvalue weighted by Gasteiger charge is 2.63. The standard InChI is InChI=1S/C31H33ClN4O4/c1-17(2)40-22-15-30(4,39-6)26-27-31(22,5)28-34-24(19-11-13-21(32)14-12-19)25(20-9-7-18(3)8-10-20)36(28)29(38)35(27)16-23(37)33-26/h7-15,17,24-25H,16H2,1-6H3,(H,33,37)/t24-,25+,30?,31?/m0/s1. The third-order valence-corrected chi connectivity index (χ3v) is 8.56. The van der Waals surface area contributed by atoms with Gasteiger partial charge in [0.1, 0.15) is 35.2 Å². The lowest BCUT2D eigenvalue weighted by Gasteiger charge is -2.54. The molecule has 1 saturated heterocycles. The van der Waals surface area contributed by atoms with Crippen molar-refractivity contribution in [3.63, 3.8) is 0 Å². The molecule has 1 aliphatic carbocycles. The van der Waals surface area contributed by atoms with E-state index in [1.165, 1.54) is 0 Å². The lowest BCUT2D eigenvalue weighted by Crippen LogP contribution is -2.66. The van der Waals surface area contributed by atoms with Crippen molar-refractivity contribution in [1.82, 2.24) is 15.1 Å². The minimum atomic E-state index is -1.01. The fourth-order valence-corrected chi connectivity index (χ4v) is 6.39. The number of amidine groups is 1. The number of nitrogens with one attached hydrogen (secondary N) is 1. The number of hydrogen-bond donors (Lipinski definition) is 1. The molecule has 4 aliphatic rings. The molecular formula is C31H33ClN4O4. The molecule has 3 heterocycles. The maximum absolute atomic E-state index is 14.5. The van der Waals surface area contributed by atoms with Crippen molar-refractivity contribution in [3.05, 3.63) is 93.5 Å². The summed E-state index contributed by atoms with van der Waals surface area (Å²) in [5, 5.41) is 3.64. The predicted octanol–water partition coefficient (Wildman–Crippen LogP) is 5.66. The molecule has 3 aliphatic heterocycles. The number of nitrogens with zero attached hydrogens (tertiary/aromatic N) is 3. The number of fused-ring (bicyclic) bond motifs is 2. The number of rotatable bonds is 5. The van der Waals surface area contributed by atoms with E-state index in [1.807, 2.05) is 89.2 Å². The summed E-state index contributed by atoms with van der Waals surface area (Å²) in [7, 11) is 1.58. The summed E-state index contributed by atoms with van der Waals surface area (Å²) < 4.78 is 12.4. The topological polar surface area (TPSA) is 83.5 Å². The van der Waals surface area contributed by atoms with E-state index in [4.69, 9.17) is 26.1 Å². The quantitative estimate of drug-likeness (QED) is 0.512. The number of halogens is 1. The number of carbonyl (C=O) groups excluding carboxylic acids is 2. The second-order valence-electron chi connectivity index (χ2n) is 11.4. The van der Waals surface area contributed by atoms with E-state index < -0.39 is 23.1 Å². The largest absolute Gasteiger partial charge is 0.494 e. The third kappa shape index (κ3) is 3.80. The van der Waals surface area contributed by atoms with E-state index in [2.05, 4.69) is 5.32 Å². The summed E-state index contributed by atoms with van der Waals surface area (Å²) in [6.45, 7) is 9.73. The number of ether oxygens (including phenoxy) is 2. The average Bonchev–Trinajstić information content (AvgIpc) is 3.32. The predicted molar refractivity (Wildman–Crippen MR) is 152 cm³/mol. The number of benzene rings is 2. The zero-order chi connectivity index (χ0) is 28.6. The van der Waals surface area contributed by atoms with Gasteiger partial charge in [0.15, 0.2) is 0 Å². The molecule has 2 aromatic rings. The smallest absolute Gasteiger partial charge is 0.330 e. The molecule has 4 atom stereocenters. The van der Waals surface area contributed by atoms with Crippen LogP contribution in [0.5, 0.6) is 0 Å². The monoisotopic (exact) mass is 560 g/mol. The number of aryl methyl sites for hydroxylation is 1. The van der Waals surface area contributed by atoms with Crippen LogP contribution in [-0.4, -0.2) is 52.9 Å². The van der Waals surface area contributed by atoms with Gasteiger partial charge >= 0.3 is 6.03 Å². The van der Waals surface area contributed by atoms with Crippen molar-refractivity contribution in [2.24, 2.45) is 10.4 Å². The van der Waals surface area contributed by atoms with Gasteiger partial charge in [-0.1, -0.05) is 53.6 Å². The zero-order valence-electron chi connectivity index (χ0n) is 23.5. The van der Waals surface area contributed by atoms with Crippen LogP contribution < -0.4 is 5.32 Å². The minimum absolute atomic E-state index is 0.113. The van der Waals surface area contributed by atoms with E-state index >= 15 is 0 Å². The average molecular weight is 561 g/mol. The third-order valence-electron chi connectivity index (χ3n) is 8.31. The van der Waals surface area contributed by atoms with Crippen molar-refractivity contribution in [3.8, 4) is 0 Å². The molecule has 6 rings (SSSR count). The Morgan fingerprint density at radius 2 is 1.70 bits per heavy atom. The van der Waals surface area contributed by atoms with Gasteiger partial charge in [-0.3, -0.25) is 19.6 Å². The summed E-state index contributed by atoms with van der Waals surface area (Å²) in [5.74, 6) is 0.926. The number of hydrogen-bond acceptors (Lipinski definition) is 5. The Bertz CT molecular complexity index is 1500. The lowest BCUT2D eigenvalue weighted by atomic mass is 9.71. The van der Waals surface area contributed by atoms with Crippen molar-refractivity contribution in [2.75, 3.05) is 13.7 Å². The number of urea groups is 1. The van der Waals surface area contributed by atoms with E-state index in [0.717, 1.165) is 16.7 Å². The van der Waals surface area contributed by atoms with Crippen molar-refractivity contribution < 1.29 is 19.1 Å². The Labute approximate surface area is 239 Å². The molecule has 1 N–H and O–H groups in total. The molecule has 40 heavy (non-hydrogen) atoms. The van der Waals surface area contributed by atoms with Crippen LogP contribution >= 0.6 is 11.6 Å². The lowest BCUT2D eigenvalue weighted by molar-refractivity contribution is -0.123. The van der Waals surface area contributed by atoms with Gasteiger partial charge in [0.05, 0.1) is 23.5 Å². The molecule has 0 spiro atoms. The van der Waals surface area contributed by atoms with Crippen LogP contribution in [0.1, 0.15) is 56.5 Å². The Morgan fingerprint density at radius 1 is 1.05 bits per heavy atom. The first-order valence-electron chi connectivity index (χ1n) is 13.5. The van der Waals surface area contributed by atoms with E-state index in [0.29, 0.717) is 28.0 Å². The van der Waals surface area contributed by atoms with E-state index in [1.54, 1.807) is 16.9 Å². The molecule has 0 saturated carbocycles. The Morgan fingerprint density at radius 3 is 2.33 bits per heavy atom. The summed E-state index contributed by atoms with van der Waals surface area (Å²) in [5.41, 5.74) is 2.18. The molecule has 9 heteroatoms. The fraction of sp³-hybridized carbons (Fsp3) is 0.387. The number of aliphatic imine (C=N–C) groups is 1. The molecule has 2 aromatic carbocycles. The molecule has 3 amide bonds. The van der Waals surface area contributed by atoms with Gasteiger partial charge in [0, 0.05) is 12.1 Å². The molecular weight excluding hydrogens is 528 g/mol. The maximum Gasteiger partial charge on any atom is 0.330 e. The Kier molecular flexibility index (Phi) is 6.12. The first kappa shape index (κ1) is 26.6. The summed E-state index contributed by atoms with van der Waals surface area (Å²) in [6, 6.07) is 14.6. The molecule has 0 bridgehead atoms. The highest BCUT2D eigenvalue weighted by molar-refractivity contribution is 6.30. The second-order valence-corrected chi connectivity index (χ2v) is 11.9. The highest BCUT2D eigenvalue weighted by atomic mass is 35.5. The SMILES string of the molecule is COC1(C)C=C(OC(C)C)C2(C)C3=N[C@@H](c4ccc(Cl)cc4)[C@@H](c4ccc(C)cc4)N3C(=O)N3CC(=O)NC1=C32. The van der Waals surface area contributed by atoms with Gasteiger partial charge in [-0.05, 0) is 64.0 Å². The highest BCUT2D eigenvalue weighted by Crippen LogP contribution is 2.57. The van der Waals surface area contributed by atoms with E-state index in [9.17, 15) is 9.59 Å². The molecule has 2 unspecified atom stereocenters. The molecule has 208 valence electrons. The van der Waals surface area contributed by atoms with Crippen LogP contribution in [0.25, 0.3) is 0 Å². The van der Waals surface area contributed by atoms with Gasteiger partial charge in [-0.25, -0.2) is 4.79 Å². The van der Waals surface area contributed by atoms with Gasteiger partial charge in [-0.15, -0.1) is 0 Å². The van der Waals surface area contributed by atoms with Crippen molar-refractivity contribution in [2.45, 2.75) is 58.4 Å². The molecule has 0 aromatic heterocycles. The van der Waals surface area contributed by atoms with Crippen LogP contribution in [0.2, 0.25) is 5.02 Å². The molecule has 8 nitrogen and oxygen atoms in total. The first-order chi connectivity index (χ1) is 19.0.